The maximum atomic E-state index is 11.6. The Kier molecular flexibility index (Phi) is 4.63. The lowest BCUT2D eigenvalue weighted by molar-refractivity contribution is -0.158. The van der Waals surface area contributed by atoms with Gasteiger partial charge in [0.2, 0.25) is 0 Å². The lowest BCUT2D eigenvalue weighted by Crippen LogP contribution is -2.40. The van der Waals surface area contributed by atoms with Crippen LogP contribution in [0.1, 0.15) is 53.9 Å². The number of carbonyl (C=O) groups is 1. The van der Waals surface area contributed by atoms with E-state index in [4.69, 9.17) is 4.74 Å². The molecule has 0 heterocycles. The molecule has 0 aromatic heterocycles. The van der Waals surface area contributed by atoms with Gasteiger partial charge in [0.1, 0.15) is 0 Å². The number of hydrogen-bond donors (Lipinski definition) is 0. The van der Waals surface area contributed by atoms with Gasteiger partial charge in [-0.15, -0.1) is 0 Å². The summed E-state index contributed by atoms with van der Waals surface area (Å²) in [5.41, 5.74) is -0.410. The molecule has 0 unspecified atom stereocenters. The fourth-order valence-corrected chi connectivity index (χ4v) is 1.46. The summed E-state index contributed by atoms with van der Waals surface area (Å²) in [5, 5.41) is 0. The SMILES string of the molecule is CCCCC(C)(C)C(C)(C)C(=O)OC. The van der Waals surface area contributed by atoms with Gasteiger partial charge >= 0.3 is 5.97 Å². The summed E-state index contributed by atoms with van der Waals surface area (Å²) in [7, 11) is 1.46. The number of esters is 1. The maximum absolute atomic E-state index is 11.6. The monoisotopic (exact) mass is 200 g/mol. The Labute approximate surface area is 88.0 Å². The van der Waals surface area contributed by atoms with Crippen LogP contribution >= 0.6 is 0 Å². The third kappa shape index (κ3) is 2.73. The zero-order chi connectivity index (χ0) is 11.4. The number of unbranched alkanes of at least 4 members (excludes halogenated alkanes) is 1. The summed E-state index contributed by atoms with van der Waals surface area (Å²) in [6.45, 7) is 10.4. The highest BCUT2D eigenvalue weighted by atomic mass is 16.5. The molecule has 0 aliphatic rings. The number of rotatable bonds is 5. The largest absolute Gasteiger partial charge is 0.469 e. The Balaban J connectivity index is 4.59. The Morgan fingerprint density at radius 3 is 2.07 bits per heavy atom. The molecule has 0 aromatic carbocycles. The highest BCUT2D eigenvalue weighted by molar-refractivity contribution is 5.76. The van der Waals surface area contributed by atoms with Crippen molar-refractivity contribution < 1.29 is 9.53 Å². The molecule has 0 aliphatic carbocycles. The molecule has 14 heavy (non-hydrogen) atoms. The van der Waals surface area contributed by atoms with Gasteiger partial charge in [0.25, 0.3) is 0 Å². The van der Waals surface area contributed by atoms with E-state index in [0.29, 0.717) is 0 Å². The molecule has 0 bridgehead atoms. The van der Waals surface area contributed by atoms with Crippen LogP contribution in [0.15, 0.2) is 0 Å². The lowest BCUT2D eigenvalue weighted by Gasteiger charge is -2.39. The van der Waals surface area contributed by atoms with Crippen LogP contribution in [0.2, 0.25) is 0 Å². The van der Waals surface area contributed by atoms with Crippen molar-refractivity contribution in [2.45, 2.75) is 53.9 Å². The molecule has 0 saturated carbocycles. The van der Waals surface area contributed by atoms with E-state index in [9.17, 15) is 4.79 Å². The molecule has 2 heteroatoms. The molecular formula is C12H24O2. The number of carbonyl (C=O) groups excluding carboxylic acids is 1. The van der Waals surface area contributed by atoms with Crippen molar-refractivity contribution in [2.24, 2.45) is 10.8 Å². The van der Waals surface area contributed by atoms with Crippen LogP contribution in [0.25, 0.3) is 0 Å². The first-order chi connectivity index (χ1) is 6.29. The zero-order valence-corrected chi connectivity index (χ0v) is 10.4. The van der Waals surface area contributed by atoms with E-state index in [-0.39, 0.29) is 11.4 Å². The Morgan fingerprint density at radius 1 is 1.21 bits per heavy atom. The second-order valence-electron chi connectivity index (χ2n) is 5.10. The number of hydrogen-bond acceptors (Lipinski definition) is 2. The summed E-state index contributed by atoms with van der Waals surface area (Å²) in [6, 6.07) is 0. The third-order valence-corrected chi connectivity index (χ3v) is 3.54. The third-order valence-electron chi connectivity index (χ3n) is 3.54. The minimum absolute atomic E-state index is 0.00387. The highest BCUT2D eigenvalue weighted by Gasteiger charge is 2.43. The first-order valence-corrected chi connectivity index (χ1v) is 5.38. The molecular weight excluding hydrogens is 176 g/mol. The Bertz CT molecular complexity index is 192. The zero-order valence-electron chi connectivity index (χ0n) is 10.4. The maximum Gasteiger partial charge on any atom is 0.311 e. The van der Waals surface area contributed by atoms with Crippen LogP contribution in [0.3, 0.4) is 0 Å². The normalized spacial score (nSPS) is 12.7. The molecule has 0 aromatic rings. The van der Waals surface area contributed by atoms with Gasteiger partial charge in [0, 0.05) is 0 Å². The van der Waals surface area contributed by atoms with Crippen molar-refractivity contribution in [2.75, 3.05) is 7.11 Å². The molecule has 0 rings (SSSR count). The van der Waals surface area contributed by atoms with E-state index in [1.807, 2.05) is 13.8 Å². The van der Waals surface area contributed by atoms with E-state index in [1.165, 1.54) is 13.5 Å². The van der Waals surface area contributed by atoms with Crippen LogP contribution in [-0.4, -0.2) is 13.1 Å². The lowest BCUT2D eigenvalue weighted by atomic mass is 9.65. The van der Waals surface area contributed by atoms with E-state index >= 15 is 0 Å². The van der Waals surface area contributed by atoms with Gasteiger partial charge in [-0.2, -0.15) is 0 Å². The summed E-state index contributed by atoms with van der Waals surface area (Å²) >= 11 is 0. The molecule has 0 N–H and O–H groups in total. The number of methoxy groups -OCH3 is 1. The van der Waals surface area contributed by atoms with E-state index in [1.54, 1.807) is 0 Å². The fraction of sp³-hybridized carbons (Fsp3) is 0.917. The van der Waals surface area contributed by atoms with Gasteiger partial charge in [0.05, 0.1) is 12.5 Å². The molecule has 0 fully saturated rings. The molecule has 0 amide bonds. The molecule has 0 atom stereocenters. The van der Waals surface area contributed by atoms with Crippen molar-refractivity contribution in [3.63, 3.8) is 0 Å². The van der Waals surface area contributed by atoms with Crippen molar-refractivity contribution in [3.8, 4) is 0 Å². The van der Waals surface area contributed by atoms with Gasteiger partial charge in [-0.05, 0) is 25.7 Å². The Morgan fingerprint density at radius 2 is 1.71 bits per heavy atom. The van der Waals surface area contributed by atoms with Gasteiger partial charge in [0.15, 0.2) is 0 Å². The van der Waals surface area contributed by atoms with Crippen LogP contribution in [0.5, 0.6) is 0 Å². The fourth-order valence-electron chi connectivity index (χ4n) is 1.46. The van der Waals surface area contributed by atoms with Crippen LogP contribution in [0, 0.1) is 10.8 Å². The van der Waals surface area contributed by atoms with Gasteiger partial charge in [-0.3, -0.25) is 4.79 Å². The summed E-state index contributed by atoms with van der Waals surface area (Å²) in [5.74, 6) is -0.112. The molecule has 0 spiro atoms. The average molecular weight is 200 g/mol. The average Bonchev–Trinajstić information content (AvgIpc) is 2.13. The summed E-state index contributed by atoms with van der Waals surface area (Å²) < 4.78 is 4.84. The van der Waals surface area contributed by atoms with Crippen molar-refractivity contribution in [1.29, 1.82) is 0 Å². The quantitative estimate of drug-likeness (QED) is 0.636. The first-order valence-electron chi connectivity index (χ1n) is 5.38. The molecule has 0 aliphatic heterocycles. The van der Waals surface area contributed by atoms with Crippen LogP contribution in [0.4, 0.5) is 0 Å². The molecule has 2 nitrogen and oxygen atoms in total. The smallest absolute Gasteiger partial charge is 0.311 e. The minimum Gasteiger partial charge on any atom is -0.469 e. The van der Waals surface area contributed by atoms with Crippen molar-refractivity contribution in [1.82, 2.24) is 0 Å². The summed E-state index contributed by atoms with van der Waals surface area (Å²) in [4.78, 5) is 11.6. The van der Waals surface area contributed by atoms with Crippen molar-refractivity contribution >= 4 is 5.97 Å². The van der Waals surface area contributed by atoms with E-state index < -0.39 is 5.41 Å². The number of ether oxygens (including phenoxy) is 1. The summed E-state index contributed by atoms with van der Waals surface area (Å²) in [6.07, 6.45) is 3.39. The standard InChI is InChI=1S/C12H24O2/c1-7-8-9-11(2,3)12(4,5)10(13)14-6/h7-9H2,1-6H3. The molecule has 0 radical (unpaired) electrons. The van der Waals surface area contributed by atoms with Gasteiger partial charge < -0.3 is 4.74 Å². The van der Waals surface area contributed by atoms with Crippen molar-refractivity contribution in [3.05, 3.63) is 0 Å². The van der Waals surface area contributed by atoms with E-state index in [2.05, 4.69) is 20.8 Å². The van der Waals surface area contributed by atoms with Gasteiger partial charge in [-0.1, -0.05) is 33.6 Å². The predicted molar refractivity (Wildman–Crippen MR) is 59.1 cm³/mol. The highest BCUT2D eigenvalue weighted by Crippen LogP contribution is 2.43. The van der Waals surface area contributed by atoms with E-state index in [0.717, 1.165) is 12.8 Å². The van der Waals surface area contributed by atoms with Crippen LogP contribution < -0.4 is 0 Å². The molecule has 0 saturated heterocycles. The first kappa shape index (κ1) is 13.5. The van der Waals surface area contributed by atoms with Gasteiger partial charge in [-0.25, -0.2) is 0 Å². The minimum atomic E-state index is -0.406. The predicted octanol–water partition coefficient (Wildman–Crippen LogP) is 3.40. The Hall–Kier alpha value is -0.530. The second kappa shape index (κ2) is 4.81. The second-order valence-corrected chi connectivity index (χ2v) is 5.10. The topological polar surface area (TPSA) is 26.3 Å². The van der Waals surface area contributed by atoms with Crippen LogP contribution in [-0.2, 0) is 9.53 Å². The molecule has 84 valence electrons.